The van der Waals surface area contributed by atoms with Crippen LogP contribution in [0.2, 0.25) is 0 Å². The van der Waals surface area contributed by atoms with Crippen molar-refractivity contribution in [3.63, 3.8) is 0 Å². The topological polar surface area (TPSA) is 66.8 Å². The van der Waals surface area contributed by atoms with Crippen LogP contribution >= 0.6 is 0 Å². The zero-order valence-electron chi connectivity index (χ0n) is 11.7. The van der Waals surface area contributed by atoms with Crippen LogP contribution in [0.3, 0.4) is 0 Å². The molecule has 0 aromatic heterocycles. The molecule has 2 fully saturated rings. The second-order valence-electron chi connectivity index (χ2n) is 7.00. The molecule has 2 aliphatic carbocycles. The maximum atomic E-state index is 11.8. The fourth-order valence-corrected chi connectivity index (χ4v) is 4.32. The number of carbonyl (C=O) groups excluding carboxylic acids is 1. The van der Waals surface area contributed by atoms with Crippen molar-refractivity contribution < 1.29 is 19.7 Å². The largest absolute Gasteiger partial charge is 0.459 e. The van der Waals surface area contributed by atoms with Crippen molar-refractivity contribution in [2.45, 2.75) is 57.8 Å². The molecule has 3 aliphatic rings. The van der Waals surface area contributed by atoms with Gasteiger partial charge >= 0.3 is 5.97 Å². The molecule has 2 N–H and O–H groups in total. The van der Waals surface area contributed by atoms with Gasteiger partial charge in [0.1, 0.15) is 6.10 Å². The van der Waals surface area contributed by atoms with Gasteiger partial charge in [-0.3, -0.25) is 0 Å². The number of esters is 1. The van der Waals surface area contributed by atoms with E-state index in [0.29, 0.717) is 18.8 Å². The van der Waals surface area contributed by atoms with Gasteiger partial charge in [-0.15, -0.1) is 0 Å². The Morgan fingerprint density at radius 2 is 2.05 bits per heavy atom. The number of aliphatic hydroxyl groups excluding tert-OH is 1. The predicted octanol–water partition coefficient (Wildman–Crippen LogP) is 1.41. The molecule has 0 spiro atoms. The molecular formula is C15H22O4. The molecule has 106 valence electrons. The van der Waals surface area contributed by atoms with Crippen molar-refractivity contribution in [2.75, 3.05) is 0 Å². The summed E-state index contributed by atoms with van der Waals surface area (Å²) in [7, 11) is 0. The summed E-state index contributed by atoms with van der Waals surface area (Å²) in [5.41, 5.74) is -0.245. The van der Waals surface area contributed by atoms with Gasteiger partial charge < -0.3 is 14.9 Å². The molecule has 1 aliphatic heterocycles. The number of hydrogen-bond acceptors (Lipinski definition) is 4. The lowest BCUT2D eigenvalue weighted by Gasteiger charge is -2.47. The lowest BCUT2D eigenvalue weighted by Crippen LogP contribution is -2.46. The van der Waals surface area contributed by atoms with Gasteiger partial charge in [-0.25, -0.2) is 4.79 Å². The van der Waals surface area contributed by atoms with Gasteiger partial charge in [-0.2, -0.15) is 0 Å². The molecular weight excluding hydrogens is 244 g/mol. The smallest absolute Gasteiger partial charge is 0.338 e. The highest BCUT2D eigenvalue weighted by molar-refractivity contribution is 5.82. The molecule has 1 saturated heterocycles. The van der Waals surface area contributed by atoms with Gasteiger partial charge in [-0.05, 0) is 37.5 Å². The average molecular weight is 266 g/mol. The Hall–Kier alpha value is -0.870. The first-order valence-electron chi connectivity index (χ1n) is 7.08. The molecule has 1 heterocycles. The zero-order chi connectivity index (χ0) is 14.0. The van der Waals surface area contributed by atoms with Gasteiger partial charge in [0.25, 0.3) is 0 Å². The van der Waals surface area contributed by atoms with E-state index in [1.807, 2.05) is 0 Å². The third-order valence-electron chi connectivity index (χ3n) is 5.27. The summed E-state index contributed by atoms with van der Waals surface area (Å²) in [5.74, 6) is -0.475. The quantitative estimate of drug-likeness (QED) is 0.514. The summed E-state index contributed by atoms with van der Waals surface area (Å²) in [6.45, 7) is 5.79. The van der Waals surface area contributed by atoms with Gasteiger partial charge in [0.05, 0.1) is 12.0 Å². The fourth-order valence-electron chi connectivity index (χ4n) is 4.32. The first-order chi connectivity index (χ1) is 8.74. The maximum absolute atomic E-state index is 11.8. The summed E-state index contributed by atoms with van der Waals surface area (Å²) in [4.78, 5) is 11.8. The number of ether oxygens (including phenoxy) is 1. The van der Waals surface area contributed by atoms with E-state index in [4.69, 9.17) is 4.74 Å². The Morgan fingerprint density at radius 1 is 1.37 bits per heavy atom. The lowest BCUT2D eigenvalue weighted by molar-refractivity contribution is -0.154. The second-order valence-corrected chi connectivity index (χ2v) is 7.00. The number of fused-ring (bicyclic) bond motifs is 2. The van der Waals surface area contributed by atoms with Crippen molar-refractivity contribution in [2.24, 2.45) is 17.3 Å². The van der Waals surface area contributed by atoms with Crippen molar-refractivity contribution in [1.82, 2.24) is 0 Å². The maximum Gasteiger partial charge on any atom is 0.338 e. The van der Waals surface area contributed by atoms with E-state index in [1.54, 1.807) is 6.92 Å². The zero-order valence-corrected chi connectivity index (χ0v) is 11.7. The Morgan fingerprint density at radius 3 is 2.74 bits per heavy atom. The van der Waals surface area contributed by atoms with Gasteiger partial charge in [0.15, 0.2) is 5.60 Å². The number of hydrogen-bond donors (Lipinski definition) is 2. The van der Waals surface area contributed by atoms with Crippen LogP contribution in [-0.2, 0) is 9.53 Å². The number of allylic oxidation sites excluding steroid dienone is 1. The molecule has 0 aromatic carbocycles. The number of carbonyl (C=O) groups is 1. The highest BCUT2D eigenvalue weighted by Gasteiger charge is 2.57. The molecule has 6 atom stereocenters. The summed E-state index contributed by atoms with van der Waals surface area (Å²) < 4.78 is 5.35. The average Bonchev–Trinajstić information content (AvgIpc) is 2.45. The molecule has 4 nitrogen and oxygen atoms in total. The van der Waals surface area contributed by atoms with Crippen molar-refractivity contribution in [3.05, 3.63) is 11.6 Å². The molecule has 19 heavy (non-hydrogen) atoms. The van der Waals surface area contributed by atoms with Crippen LogP contribution in [0.5, 0.6) is 0 Å². The summed E-state index contributed by atoms with van der Waals surface area (Å²) >= 11 is 0. The number of rotatable bonds is 0. The molecule has 0 radical (unpaired) electrons. The van der Waals surface area contributed by atoms with Gasteiger partial charge in [0.2, 0.25) is 0 Å². The van der Waals surface area contributed by atoms with Crippen LogP contribution in [0.1, 0.15) is 40.0 Å². The van der Waals surface area contributed by atoms with E-state index >= 15 is 0 Å². The first kappa shape index (κ1) is 13.1. The van der Waals surface area contributed by atoms with Crippen LogP contribution in [0.15, 0.2) is 11.6 Å². The lowest BCUT2D eigenvalue weighted by atomic mass is 9.58. The second kappa shape index (κ2) is 3.83. The number of aliphatic hydroxyl groups is 2. The van der Waals surface area contributed by atoms with Crippen LogP contribution in [0.25, 0.3) is 0 Å². The minimum Gasteiger partial charge on any atom is -0.459 e. The van der Waals surface area contributed by atoms with E-state index in [0.717, 1.165) is 6.42 Å². The summed E-state index contributed by atoms with van der Waals surface area (Å²) in [6, 6.07) is 0. The first-order valence-corrected chi connectivity index (χ1v) is 7.08. The molecule has 1 saturated carbocycles. The minimum absolute atomic E-state index is 0.112. The van der Waals surface area contributed by atoms with Crippen molar-refractivity contribution >= 4 is 5.97 Å². The minimum atomic E-state index is -1.41. The van der Waals surface area contributed by atoms with Gasteiger partial charge in [0, 0.05) is 0 Å². The van der Waals surface area contributed by atoms with Crippen LogP contribution in [-0.4, -0.2) is 34.0 Å². The predicted molar refractivity (Wildman–Crippen MR) is 69.2 cm³/mol. The Bertz CT molecular complexity index is 453. The molecule has 0 aromatic rings. The third kappa shape index (κ3) is 1.77. The van der Waals surface area contributed by atoms with E-state index in [-0.39, 0.29) is 23.5 Å². The molecule has 3 rings (SSSR count). The SMILES string of the molecule is C[C@H]1C[C@H](O)C[C@]2(C)CC3OC(=O)[C@](C)(O)C3C=C12. The van der Waals surface area contributed by atoms with E-state index in [2.05, 4.69) is 19.9 Å². The Labute approximate surface area is 113 Å². The standard InChI is InChI=1S/C15H22O4/c1-8-4-9(16)6-14(2)7-12-11(5-10(8)14)15(3,18)13(17)19-12/h5,8-9,11-12,16,18H,4,6-7H2,1-3H3/t8-,9-,11?,12?,14+,15+/m0/s1. The van der Waals surface area contributed by atoms with E-state index in [1.165, 1.54) is 5.57 Å². The normalized spacial score (nSPS) is 53.1. The van der Waals surface area contributed by atoms with Crippen LogP contribution < -0.4 is 0 Å². The highest BCUT2D eigenvalue weighted by atomic mass is 16.6. The fraction of sp³-hybridized carbons (Fsp3) is 0.800. The molecule has 2 unspecified atom stereocenters. The monoisotopic (exact) mass is 266 g/mol. The molecule has 0 bridgehead atoms. The van der Waals surface area contributed by atoms with Crippen molar-refractivity contribution in [1.29, 1.82) is 0 Å². The Kier molecular flexibility index (Phi) is 2.64. The highest BCUT2D eigenvalue weighted by Crippen LogP contribution is 2.54. The van der Waals surface area contributed by atoms with E-state index < -0.39 is 11.6 Å². The van der Waals surface area contributed by atoms with Crippen LogP contribution in [0.4, 0.5) is 0 Å². The van der Waals surface area contributed by atoms with Crippen LogP contribution in [0, 0.1) is 17.3 Å². The molecule has 0 amide bonds. The molecule has 4 heteroatoms. The van der Waals surface area contributed by atoms with Crippen molar-refractivity contribution in [3.8, 4) is 0 Å². The Balaban J connectivity index is 2.02. The third-order valence-corrected chi connectivity index (χ3v) is 5.27. The summed E-state index contributed by atoms with van der Waals surface area (Å²) in [6.07, 6.45) is 3.68. The van der Waals surface area contributed by atoms with Gasteiger partial charge in [-0.1, -0.05) is 25.5 Å². The van der Waals surface area contributed by atoms with E-state index in [9.17, 15) is 15.0 Å². The summed E-state index contributed by atoms with van der Waals surface area (Å²) in [5, 5.41) is 20.3.